The van der Waals surface area contributed by atoms with E-state index in [0.29, 0.717) is 0 Å². The molecular formula is C16H14ClNO6S. The first-order valence-electron chi connectivity index (χ1n) is 7.24. The minimum Gasteiger partial charge on any atom is -0.486 e. The predicted molar refractivity (Wildman–Crippen MR) is 91.4 cm³/mol. The van der Waals surface area contributed by atoms with Crippen molar-refractivity contribution in [2.45, 2.75) is 11.8 Å². The summed E-state index contributed by atoms with van der Waals surface area (Å²) in [6.07, 6.45) is 0. The number of fused-ring (bicyclic) bond motifs is 1. The molecule has 1 aliphatic heterocycles. The van der Waals surface area contributed by atoms with Gasteiger partial charge >= 0.3 is 5.97 Å². The summed E-state index contributed by atoms with van der Waals surface area (Å²) >= 11 is 6.02. The minimum absolute atomic E-state index is 0.0434. The molecule has 0 amide bonds. The first-order valence-corrected chi connectivity index (χ1v) is 9.10. The van der Waals surface area contributed by atoms with Crippen molar-refractivity contribution in [1.82, 2.24) is 0 Å². The lowest BCUT2D eigenvalue weighted by atomic mass is 10.1. The normalized spacial score (nSPS) is 13.4. The molecule has 0 radical (unpaired) electrons. The van der Waals surface area contributed by atoms with E-state index in [2.05, 4.69) is 4.72 Å². The lowest BCUT2D eigenvalue weighted by Gasteiger charge is -2.20. The van der Waals surface area contributed by atoms with Gasteiger partial charge < -0.3 is 14.6 Å². The Kier molecular flexibility index (Phi) is 4.49. The third kappa shape index (κ3) is 3.49. The minimum atomic E-state index is -4.08. The standard InChI is InChI=1S/C16H14ClNO6S/c1-9-2-3-15(11(17)6-9)25(21,22)18-12-8-14-13(23-4-5-24-14)7-10(12)16(19)20/h2-3,6-8,18H,4-5H2,1H3,(H,19,20). The van der Waals surface area contributed by atoms with E-state index in [1.165, 1.54) is 24.3 Å². The topological polar surface area (TPSA) is 102 Å². The fraction of sp³-hybridized carbons (Fsp3) is 0.188. The van der Waals surface area contributed by atoms with Crippen LogP contribution in [0.1, 0.15) is 15.9 Å². The molecule has 0 saturated carbocycles. The third-order valence-electron chi connectivity index (χ3n) is 3.53. The molecule has 25 heavy (non-hydrogen) atoms. The summed E-state index contributed by atoms with van der Waals surface area (Å²) in [5, 5.41) is 9.41. The largest absolute Gasteiger partial charge is 0.486 e. The number of nitrogens with one attached hydrogen (secondary N) is 1. The number of benzene rings is 2. The molecule has 0 aromatic heterocycles. The monoisotopic (exact) mass is 383 g/mol. The molecular weight excluding hydrogens is 370 g/mol. The van der Waals surface area contributed by atoms with Gasteiger partial charge in [-0.05, 0) is 24.6 Å². The second-order valence-electron chi connectivity index (χ2n) is 5.39. The number of aromatic carboxylic acids is 1. The van der Waals surface area contributed by atoms with Gasteiger partial charge in [-0.3, -0.25) is 4.72 Å². The molecule has 0 aliphatic carbocycles. The van der Waals surface area contributed by atoms with Crippen LogP contribution in [0.4, 0.5) is 5.69 Å². The lowest BCUT2D eigenvalue weighted by Crippen LogP contribution is -2.19. The highest BCUT2D eigenvalue weighted by molar-refractivity contribution is 7.92. The number of carboxylic acids is 1. The van der Waals surface area contributed by atoms with Gasteiger partial charge in [0.05, 0.1) is 16.3 Å². The number of rotatable bonds is 4. The van der Waals surface area contributed by atoms with E-state index in [4.69, 9.17) is 21.1 Å². The smallest absolute Gasteiger partial charge is 0.337 e. The van der Waals surface area contributed by atoms with Crippen molar-refractivity contribution in [3.05, 3.63) is 46.5 Å². The Bertz CT molecular complexity index is 957. The number of aryl methyl sites for hydroxylation is 1. The van der Waals surface area contributed by atoms with Crippen LogP contribution >= 0.6 is 11.6 Å². The van der Waals surface area contributed by atoms with Gasteiger partial charge in [-0.15, -0.1) is 0 Å². The van der Waals surface area contributed by atoms with Gasteiger partial charge in [0.1, 0.15) is 18.1 Å². The molecule has 1 aliphatic rings. The van der Waals surface area contributed by atoms with Crippen LogP contribution < -0.4 is 14.2 Å². The first-order chi connectivity index (χ1) is 11.8. The van der Waals surface area contributed by atoms with E-state index in [0.717, 1.165) is 5.56 Å². The van der Waals surface area contributed by atoms with Gasteiger partial charge in [0.25, 0.3) is 10.0 Å². The van der Waals surface area contributed by atoms with Gasteiger partial charge in [0.2, 0.25) is 0 Å². The number of hydrogen-bond acceptors (Lipinski definition) is 5. The first kappa shape index (κ1) is 17.4. The maximum absolute atomic E-state index is 12.6. The Morgan fingerprint density at radius 3 is 2.40 bits per heavy atom. The maximum atomic E-state index is 12.6. The molecule has 0 saturated heterocycles. The molecule has 0 atom stereocenters. The summed E-state index contributed by atoms with van der Waals surface area (Å²) < 4.78 is 38.2. The number of anilines is 1. The van der Waals surface area contributed by atoms with Crippen molar-refractivity contribution in [3.63, 3.8) is 0 Å². The van der Waals surface area contributed by atoms with Crippen LogP contribution in [0.15, 0.2) is 35.2 Å². The summed E-state index contributed by atoms with van der Waals surface area (Å²) in [5.41, 5.74) is 0.416. The molecule has 2 N–H and O–H groups in total. The van der Waals surface area contributed by atoms with Crippen LogP contribution in [0, 0.1) is 6.92 Å². The number of carboxylic acid groups (broad SMARTS) is 1. The van der Waals surface area contributed by atoms with Crippen LogP contribution in [0.2, 0.25) is 5.02 Å². The zero-order valence-corrected chi connectivity index (χ0v) is 14.6. The average molecular weight is 384 g/mol. The summed E-state index contributed by atoms with van der Waals surface area (Å²) in [5.74, 6) is -0.784. The quantitative estimate of drug-likeness (QED) is 0.841. The van der Waals surface area contributed by atoms with E-state index in [1.54, 1.807) is 13.0 Å². The van der Waals surface area contributed by atoms with Gasteiger partial charge in [-0.1, -0.05) is 17.7 Å². The lowest BCUT2D eigenvalue weighted by molar-refractivity contribution is 0.0697. The van der Waals surface area contributed by atoms with Crippen molar-refractivity contribution in [2.24, 2.45) is 0 Å². The molecule has 3 rings (SSSR count). The maximum Gasteiger partial charge on any atom is 0.337 e. The molecule has 0 bridgehead atoms. The number of sulfonamides is 1. The second-order valence-corrected chi connectivity index (χ2v) is 7.44. The van der Waals surface area contributed by atoms with E-state index in [1.807, 2.05) is 0 Å². The van der Waals surface area contributed by atoms with Crippen LogP contribution in [-0.4, -0.2) is 32.7 Å². The van der Waals surface area contributed by atoms with Gasteiger partial charge in [0, 0.05) is 12.1 Å². The molecule has 2 aromatic carbocycles. The van der Waals surface area contributed by atoms with Crippen LogP contribution in [0.5, 0.6) is 11.5 Å². The molecule has 7 nitrogen and oxygen atoms in total. The van der Waals surface area contributed by atoms with Gasteiger partial charge in [0.15, 0.2) is 11.5 Å². The van der Waals surface area contributed by atoms with Crippen molar-refractivity contribution in [1.29, 1.82) is 0 Å². The average Bonchev–Trinajstić information content (AvgIpc) is 2.53. The van der Waals surface area contributed by atoms with Crippen LogP contribution in [0.25, 0.3) is 0 Å². The number of halogens is 1. The highest BCUT2D eigenvalue weighted by atomic mass is 35.5. The van der Waals surface area contributed by atoms with Gasteiger partial charge in [-0.25, -0.2) is 13.2 Å². The van der Waals surface area contributed by atoms with Crippen LogP contribution in [0.3, 0.4) is 0 Å². The Hall–Kier alpha value is -2.45. The summed E-state index contributed by atoms with van der Waals surface area (Å²) in [6.45, 7) is 2.35. The second kappa shape index (κ2) is 6.45. The molecule has 9 heteroatoms. The molecule has 2 aromatic rings. The molecule has 0 fully saturated rings. The van der Waals surface area contributed by atoms with E-state index >= 15 is 0 Å². The Morgan fingerprint density at radius 1 is 1.16 bits per heavy atom. The Balaban J connectivity index is 2.05. The van der Waals surface area contributed by atoms with E-state index in [9.17, 15) is 18.3 Å². The number of hydrogen-bond donors (Lipinski definition) is 2. The van der Waals surface area contributed by atoms with Gasteiger partial charge in [-0.2, -0.15) is 0 Å². The summed E-state index contributed by atoms with van der Waals surface area (Å²) in [7, 11) is -4.08. The fourth-order valence-electron chi connectivity index (χ4n) is 2.37. The number of ether oxygens (including phenoxy) is 2. The van der Waals surface area contributed by atoms with E-state index in [-0.39, 0.29) is 45.9 Å². The Morgan fingerprint density at radius 2 is 1.80 bits per heavy atom. The highest BCUT2D eigenvalue weighted by Gasteiger charge is 2.24. The highest BCUT2D eigenvalue weighted by Crippen LogP contribution is 2.37. The molecule has 0 spiro atoms. The summed E-state index contributed by atoms with van der Waals surface area (Å²) in [4.78, 5) is 11.3. The van der Waals surface area contributed by atoms with Crippen molar-refractivity contribution >= 4 is 33.3 Å². The SMILES string of the molecule is Cc1ccc(S(=O)(=O)Nc2cc3c(cc2C(=O)O)OCCO3)c(Cl)c1. The molecule has 132 valence electrons. The van der Waals surface area contributed by atoms with Crippen molar-refractivity contribution < 1.29 is 27.8 Å². The fourth-order valence-corrected chi connectivity index (χ4v) is 4.04. The summed E-state index contributed by atoms with van der Waals surface area (Å²) in [6, 6.07) is 6.99. The predicted octanol–water partition coefficient (Wildman–Crippen LogP) is 2.92. The van der Waals surface area contributed by atoms with E-state index < -0.39 is 16.0 Å². The van der Waals surface area contributed by atoms with Crippen molar-refractivity contribution in [2.75, 3.05) is 17.9 Å². The third-order valence-corrected chi connectivity index (χ3v) is 5.38. The molecule has 1 heterocycles. The molecule has 0 unspecified atom stereocenters. The number of carbonyl (C=O) groups is 1. The zero-order chi connectivity index (χ0) is 18.2. The van der Waals surface area contributed by atoms with Crippen LogP contribution in [-0.2, 0) is 10.0 Å². The zero-order valence-electron chi connectivity index (χ0n) is 13.1. The Labute approximate surface area is 149 Å². The van der Waals surface area contributed by atoms with Crippen molar-refractivity contribution in [3.8, 4) is 11.5 Å².